The van der Waals surface area contributed by atoms with Crippen LogP contribution in [0.15, 0.2) is 36.5 Å². The molecule has 0 radical (unpaired) electrons. The minimum atomic E-state index is 0.167. The topological polar surface area (TPSA) is 20.3 Å². The molecule has 0 aromatic rings. The molecule has 1 aliphatic heterocycles. The second kappa shape index (κ2) is 14.3. The van der Waals surface area contributed by atoms with Crippen molar-refractivity contribution in [3.05, 3.63) is 36.5 Å². The molecule has 0 saturated carbocycles. The van der Waals surface area contributed by atoms with E-state index in [1.54, 1.807) is 6.08 Å². The standard InChI is InChI=1S/C21H35NO/c1-2-3-4-5-6-7-8-9-10-11-12-13-15-18-21(23)22-19-16-14-17-20-22/h7-8,12-13,15,18H,2-6,9-11,14,16-17,19-20H2,1H3/b8-7-,13-12+,18-15+. The average molecular weight is 318 g/mol. The van der Waals surface area contributed by atoms with E-state index in [9.17, 15) is 4.79 Å². The first-order chi connectivity index (χ1) is 11.3. The number of unbranched alkanes of at least 4 members (excludes halogenated alkanes) is 6. The van der Waals surface area contributed by atoms with Gasteiger partial charge in [0.15, 0.2) is 0 Å². The van der Waals surface area contributed by atoms with Crippen LogP contribution in [0.4, 0.5) is 0 Å². The Hall–Kier alpha value is -1.31. The summed E-state index contributed by atoms with van der Waals surface area (Å²) in [5.41, 5.74) is 0. The highest BCUT2D eigenvalue weighted by atomic mass is 16.2. The molecule has 0 N–H and O–H groups in total. The van der Waals surface area contributed by atoms with Crippen LogP contribution in [0.3, 0.4) is 0 Å². The number of nitrogens with zero attached hydrogens (tertiary/aromatic N) is 1. The van der Waals surface area contributed by atoms with Crippen LogP contribution in [-0.2, 0) is 4.79 Å². The molecular weight excluding hydrogens is 282 g/mol. The molecule has 1 rings (SSSR count). The highest BCUT2D eigenvalue weighted by Crippen LogP contribution is 2.09. The fourth-order valence-electron chi connectivity index (χ4n) is 2.81. The molecule has 1 amide bonds. The fraction of sp³-hybridized carbons (Fsp3) is 0.667. The van der Waals surface area contributed by atoms with E-state index in [4.69, 9.17) is 0 Å². The van der Waals surface area contributed by atoms with Crippen molar-refractivity contribution in [3.63, 3.8) is 0 Å². The SMILES string of the molecule is CCCCCC/C=C\CCC/C=C/C=C/C(=O)N1CCCCC1. The molecule has 0 spiro atoms. The Balaban J connectivity index is 1.98. The van der Waals surface area contributed by atoms with Gasteiger partial charge in [0.2, 0.25) is 5.91 Å². The van der Waals surface area contributed by atoms with E-state index in [2.05, 4.69) is 25.2 Å². The number of hydrogen-bond donors (Lipinski definition) is 0. The molecule has 0 unspecified atom stereocenters. The Morgan fingerprint density at radius 1 is 0.826 bits per heavy atom. The maximum Gasteiger partial charge on any atom is 0.246 e. The van der Waals surface area contributed by atoms with E-state index in [0.717, 1.165) is 38.8 Å². The van der Waals surface area contributed by atoms with Crippen LogP contribution >= 0.6 is 0 Å². The van der Waals surface area contributed by atoms with Crippen LogP contribution in [0.1, 0.15) is 77.6 Å². The van der Waals surface area contributed by atoms with Gasteiger partial charge in [0, 0.05) is 19.2 Å². The summed E-state index contributed by atoms with van der Waals surface area (Å²) in [4.78, 5) is 13.9. The number of rotatable bonds is 11. The number of amides is 1. The maximum atomic E-state index is 11.9. The van der Waals surface area contributed by atoms with E-state index in [1.165, 1.54) is 44.9 Å². The lowest BCUT2D eigenvalue weighted by atomic mass is 10.1. The smallest absolute Gasteiger partial charge is 0.246 e. The summed E-state index contributed by atoms with van der Waals surface area (Å²) in [6.07, 6.45) is 26.0. The summed E-state index contributed by atoms with van der Waals surface area (Å²) >= 11 is 0. The van der Waals surface area contributed by atoms with Crippen LogP contribution in [0.2, 0.25) is 0 Å². The minimum Gasteiger partial charge on any atom is -0.339 e. The van der Waals surface area contributed by atoms with Crippen molar-refractivity contribution in [2.45, 2.75) is 77.6 Å². The zero-order chi connectivity index (χ0) is 16.6. The molecule has 0 atom stereocenters. The molecule has 1 aliphatic rings. The lowest BCUT2D eigenvalue weighted by Gasteiger charge is -2.25. The third-order valence-corrected chi connectivity index (χ3v) is 4.29. The van der Waals surface area contributed by atoms with Crippen LogP contribution in [0.5, 0.6) is 0 Å². The molecule has 1 heterocycles. The predicted octanol–water partition coefficient (Wildman–Crippen LogP) is 5.81. The third kappa shape index (κ3) is 11.0. The lowest BCUT2D eigenvalue weighted by molar-refractivity contribution is -0.126. The molecule has 1 saturated heterocycles. The average Bonchev–Trinajstić information content (AvgIpc) is 2.59. The van der Waals surface area contributed by atoms with E-state index in [-0.39, 0.29) is 5.91 Å². The summed E-state index contributed by atoms with van der Waals surface area (Å²) in [5.74, 6) is 0.167. The first kappa shape index (κ1) is 19.7. The molecule has 2 nitrogen and oxygen atoms in total. The van der Waals surface area contributed by atoms with Crippen LogP contribution in [0.25, 0.3) is 0 Å². The first-order valence-electron chi connectivity index (χ1n) is 9.61. The second-order valence-corrected chi connectivity index (χ2v) is 6.42. The fourth-order valence-corrected chi connectivity index (χ4v) is 2.81. The monoisotopic (exact) mass is 317 g/mol. The van der Waals surface area contributed by atoms with Gasteiger partial charge < -0.3 is 4.90 Å². The Bertz CT molecular complexity index is 375. The molecule has 23 heavy (non-hydrogen) atoms. The van der Waals surface area contributed by atoms with Gasteiger partial charge in [0.05, 0.1) is 0 Å². The Morgan fingerprint density at radius 3 is 2.26 bits per heavy atom. The van der Waals surface area contributed by atoms with Gasteiger partial charge >= 0.3 is 0 Å². The quantitative estimate of drug-likeness (QED) is 0.204. The predicted molar refractivity (Wildman–Crippen MR) is 100 cm³/mol. The molecule has 1 fully saturated rings. The van der Waals surface area contributed by atoms with Crippen molar-refractivity contribution < 1.29 is 4.79 Å². The Morgan fingerprint density at radius 2 is 1.52 bits per heavy atom. The van der Waals surface area contributed by atoms with Crippen molar-refractivity contribution in [2.24, 2.45) is 0 Å². The van der Waals surface area contributed by atoms with Gasteiger partial charge in [-0.2, -0.15) is 0 Å². The van der Waals surface area contributed by atoms with Gasteiger partial charge in [0.1, 0.15) is 0 Å². The summed E-state index contributed by atoms with van der Waals surface area (Å²) < 4.78 is 0. The molecule has 2 heteroatoms. The summed E-state index contributed by atoms with van der Waals surface area (Å²) in [6.45, 7) is 4.11. The van der Waals surface area contributed by atoms with Gasteiger partial charge in [-0.25, -0.2) is 0 Å². The number of piperidine rings is 1. The zero-order valence-corrected chi connectivity index (χ0v) is 15.0. The van der Waals surface area contributed by atoms with Gasteiger partial charge in [-0.3, -0.25) is 4.79 Å². The van der Waals surface area contributed by atoms with Crippen molar-refractivity contribution in [1.82, 2.24) is 4.90 Å². The normalized spacial score (nSPS) is 16.1. The third-order valence-electron chi connectivity index (χ3n) is 4.29. The Kier molecular flexibility index (Phi) is 12.3. The van der Waals surface area contributed by atoms with Crippen molar-refractivity contribution in [1.29, 1.82) is 0 Å². The van der Waals surface area contributed by atoms with E-state index in [0.29, 0.717) is 0 Å². The van der Waals surface area contributed by atoms with Crippen molar-refractivity contribution in [3.8, 4) is 0 Å². The Labute approximate surface area is 143 Å². The highest BCUT2D eigenvalue weighted by Gasteiger charge is 2.12. The first-order valence-corrected chi connectivity index (χ1v) is 9.61. The van der Waals surface area contributed by atoms with Crippen LogP contribution in [-0.4, -0.2) is 23.9 Å². The van der Waals surface area contributed by atoms with E-state index in [1.807, 2.05) is 17.1 Å². The van der Waals surface area contributed by atoms with Gasteiger partial charge in [-0.1, -0.05) is 56.6 Å². The number of likely N-dealkylation sites (tertiary alicyclic amines) is 1. The minimum absolute atomic E-state index is 0.167. The molecular formula is C21H35NO. The van der Waals surface area contributed by atoms with Crippen molar-refractivity contribution >= 4 is 5.91 Å². The van der Waals surface area contributed by atoms with E-state index < -0.39 is 0 Å². The van der Waals surface area contributed by atoms with E-state index >= 15 is 0 Å². The zero-order valence-electron chi connectivity index (χ0n) is 15.0. The maximum absolute atomic E-state index is 11.9. The largest absolute Gasteiger partial charge is 0.339 e. The molecule has 0 bridgehead atoms. The highest BCUT2D eigenvalue weighted by molar-refractivity contribution is 5.87. The van der Waals surface area contributed by atoms with Gasteiger partial charge in [0.25, 0.3) is 0 Å². The summed E-state index contributed by atoms with van der Waals surface area (Å²) in [5, 5.41) is 0. The van der Waals surface area contributed by atoms with Gasteiger partial charge in [-0.05, 0) is 51.4 Å². The number of hydrogen-bond acceptors (Lipinski definition) is 1. The summed E-state index contributed by atoms with van der Waals surface area (Å²) in [7, 11) is 0. The van der Waals surface area contributed by atoms with Crippen molar-refractivity contribution in [2.75, 3.05) is 13.1 Å². The molecule has 130 valence electrons. The number of carbonyl (C=O) groups excluding carboxylic acids is 1. The van der Waals surface area contributed by atoms with Crippen LogP contribution < -0.4 is 0 Å². The molecule has 0 aromatic carbocycles. The second-order valence-electron chi connectivity index (χ2n) is 6.42. The number of carbonyl (C=O) groups is 1. The summed E-state index contributed by atoms with van der Waals surface area (Å²) in [6, 6.07) is 0. The van der Waals surface area contributed by atoms with Crippen LogP contribution in [0, 0.1) is 0 Å². The van der Waals surface area contributed by atoms with Gasteiger partial charge in [-0.15, -0.1) is 0 Å². The molecule has 0 aliphatic carbocycles. The molecule has 0 aromatic heterocycles. The number of allylic oxidation sites excluding steroid dienone is 5. The lowest BCUT2D eigenvalue weighted by Crippen LogP contribution is -2.34.